The lowest BCUT2D eigenvalue weighted by molar-refractivity contribution is -0.138. The van der Waals surface area contributed by atoms with E-state index in [2.05, 4.69) is 0 Å². The third-order valence-electron chi connectivity index (χ3n) is 2.64. The Balaban J connectivity index is 3.30. The van der Waals surface area contributed by atoms with Crippen molar-refractivity contribution >= 4 is 5.97 Å². The Kier molecular flexibility index (Phi) is 3.55. The molecule has 0 aliphatic carbocycles. The molecule has 0 saturated heterocycles. The lowest BCUT2D eigenvalue weighted by Crippen LogP contribution is -2.21. The van der Waals surface area contributed by atoms with E-state index in [4.69, 9.17) is 10.8 Å². The number of benzene rings is 1. The fourth-order valence-corrected chi connectivity index (χ4v) is 1.73. The number of aliphatic carboxylic acids is 1. The van der Waals surface area contributed by atoms with E-state index in [-0.39, 0.29) is 17.2 Å². The Bertz CT molecular complexity index is 413. The molecule has 0 aromatic heterocycles. The van der Waals surface area contributed by atoms with Crippen LogP contribution in [0.5, 0.6) is 5.75 Å². The SMILES string of the molecule is Cc1cc(O)c(C(N)C(=O)O)cc1C(C)C. The quantitative estimate of drug-likeness (QED) is 0.730. The van der Waals surface area contributed by atoms with Crippen LogP contribution in [0.25, 0.3) is 0 Å². The molecule has 0 aliphatic heterocycles. The van der Waals surface area contributed by atoms with Crippen molar-refractivity contribution in [1.82, 2.24) is 0 Å². The number of aromatic hydroxyl groups is 1. The number of phenols is 1. The van der Waals surface area contributed by atoms with Gasteiger partial charge in [-0.15, -0.1) is 0 Å². The number of hydrogen-bond donors (Lipinski definition) is 3. The number of rotatable bonds is 3. The topological polar surface area (TPSA) is 83.5 Å². The van der Waals surface area contributed by atoms with Crippen LogP contribution >= 0.6 is 0 Å². The van der Waals surface area contributed by atoms with Crippen LogP contribution in [0.3, 0.4) is 0 Å². The van der Waals surface area contributed by atoms with Crippen LogP contribution < -0.4 is 5.73 Å². The molecule has 0 spiro atoms. The number of aryl methyl sites for hydroxylation is 1. The normalized spacial score (nSPS) is 12.8. The maximum Gasteiger partial charge on any atom is 0.325 e. The molecule has 4 N–H and O–H groups in total. The first-order chi connectivity index (χ1) is 7.34. The second-order valence-corrected chi connectivity index (χ2v) is 4.24. The van der Waals surface area contributed by atoms with Gasteiger partial charge in [-0.3, -0.25) is 4.79 Å². The van der Waals surface area contributed by atoms with E-state index in [9.17, 15) is 9.90 Å². The first-order valence-corrected chi connectivity index (χ1v) is 5.16. The van der Waals surface area contributed by atoms with Gasteiger partial charge < -0.3 is 15.9 Å². The van der Waals surface area contributed by atoms with Crippen molar-refractivity contribution in [3.8, 4) is 5.75 Å². The molecule has 0 fully saturated rings. The number of phenolic OH excluding ortho intramolecular Hbond substituents is 1. The summed E-state index contributed by atoms with van der Waals surface area (Å²) in [5.41, 5.74) is 7.71. The minimum Gasteiger partial charge on any atom is -0.508 e. The van der Waals surface area contributed by atoms with Gasteiger partial charge in [-0.2, -0.15) is 0 Å². The Labute approximate surface area is 94.7 Å². The molecule has 1 rings (SSSR count). The van der Waals surface area contributed by atoms with Crippen molar-refractivity contribution in [3.63, 3.8) is 0 Å². The van der Waals surface area contributed by atoms with E-state index >= 15 is 0 Å². The van der Waals surface area contributed by atoms with Crippen LogP contribution in [0.1, 0.15) is 42.5 Å². The predicted molar refractivity (Wildman–Crippen MR) is 61.5 cm³/mol. The molecule has 16 heavy (non-hydrogen) atoms. The van der Waals surface area contributed by atoms with Crippen molar-refractivity contribution < 1.29 is 15.0 Å². The molecule has 0 amide bonds. The summed E-state index contributed by atoms with van der Waals surface area (Å²) >= 11 is 0. The Morgan fingerprint density at radius 2 is 1.88 bits per heavy atom. The van der Waals surface area contributed by atoms with Gasteiger partial charge in [0.25, 0.3) is 0 Å². The highest BCUT2D eigenvalue weighted by atomic mass is 16.4. The number of carboxylic acids is 1. The Morgan fingerprint density at radius 1 is 1.31 bits per heavy atom. The van der Waals surface area contributed by atoms with Crippen molar-refractivity contribution in [2.75, 3.05) is 0 Å². The Morgan fingerprint density at radius 3 is 2.31 bits per heavy atom. The van der Waals surface area contributed by atoms with Crippen molar-refractivity contribution in [2.45, 2.75) is 32.7 Å². The average Bonchev–Trinajstić information content (AvgIpc) is 2.16. The molecule has 4 heteroatoms. The van der Waals surface area contributed by atoms with Crippen LogP contribution in [0.4, 0.5) is 0 Å². The van der Waals surface area contributed by atoms with E-state index in [1.807, 2.05) is 20.8 Å². The van der Waals surface area contributed by atoms with Gasteiger partial charge in [0.1, 0.15) is 11.8 Å². The molecule has 0 aliphatic rings. The molecule has 0 bridgehead atoms. The lowest BCUT2D eigenvalue weighted by atomic mass is 9.93. The molecular weight excluding hydrogens is 206 g/mol. The Hall–Kier alpha value is -1.55. The molecule has 88 valence electrons. The molecule has 0 saturated carbocycles. The van der Waals surface area contributed by atoms with Gasteiger partial charge in [-0.1, -0.05) is 13.8 Å². The van der Waals surface area contributed by atoms with Gasteiger partial charge in [0.15, 0.2) is 0 Å². The number of nitrogens with two attached hydrogens (primary N) is 1. The predicted octanol–water partition coefficient (Wildman–Crippen LogP) is 1.91. The average molecular weight is 223 g/mol. The monoisotopic (exact) mass is 223 g/mol. The number of carboxylic acid groups (broad SMARTS) is 1. The highest BCUT2D eigenvalue weighted by Gasteiger charge is 2.20. The lowest BCUT2D eigenvalue weighted by Gasteiger charge is -2.15. The summed E-state index contributed by atoms with van der Waals surface area (Å²) in [6.07, 6.45) is 0. The zero-order chi connectivity index (χ0) is 12.5. The van der Waals surface area contributed by atoms with Gasteiger partial charge in [0.2, 0.25) is 0 Å². The summed E-state index contributed by atoms with van der Waals surface area (Å²) in [5, 5.41) is 18.5. The third kappa shape index (κ3) is 2.33. The third-order valence-corrected chi connectivity index (χ3v) is 2.64. The minimum absolute atomic E-state index is 0.0585. The van der Waals surface area contributed by atoms with Gasteiger partial charge >= 0.3 is 5.97 Å². The minimum atomic E-state index is -1.18. The molecule has 4 nitrogen and oxygen atoms in total. The van der Waals surface area contributed by atoms with Gasteiger partial charge in [0.05, 0.1) is 0 Å². The molecule has 1 aromatic carbocycles. The summed E-state index contributed by atoms with van der Waals surface area (Å²) in [5.74, 6) is -0.939. The summed E-state index contributed by atoms with van der Waals surface area (Å²) in [6.45, 7) is 5.90. The summed E-state index contributed by atoms with van der Waals surface area (Å²) in [7, 11) is 0. The maximum absolute atomic E-state index is 10.8. The molecule has 1 atom stereocenters. The maximum atomic E-state index is 10.8. The van der Waals surface area contributed by atoms with Gasteiger partial charge in [-0.05, 0) is 36.1 Å². The number of carbonyl (C=O) groups is 1. The smallest absolute Gasteiger partial charge is 0.325 e. The second kappa shape index (κ2) is 4.53. The van der Waals surface area contributed by atoms with Crippen LogP contribution in [-0.2, 0) is 4.79 Å². The van der Waals surface area contributed by atoms with Gasteiger partial charge in [-0.25, -0.2) is 0 Å². The fraction of sp³-hybridized carbons (Fsp3) is 0.417. The first-order valence-electron chi connectivity index (χ1n) is 5.16. The molecule has 1 aromatic rings. The number of hydrogen-bond acceptors (Lipinski definition) is 3. The van der Waals surface area contributed by atoms with Crippen molar-refractivity contribution in [3.05, 3.63) is 28.8 Å². The molecule has 0 heterocycles. The van der Waals surface area contributed by atoms with E-state index in [1.165, 1.54) is 0 Å². The summed E-state index contributed by atoms with van der Waals surface area (Å²) in [4.78, 5) is 10.8. The zero-order valence-electron chi connectivity index (χ0n) is 9.69. The molecular formula is C12H17NO3. The zero-order valence-corrected chi connectivity index (χ0v) is 9.69. The van der Waals surface area contributed by atoms with Crippen molar-refractivity contribution in [1.29, 1.82) is 0 Å². The van der Waals surface area contributed by atoms with E-state index in [0.717, 1.165) is 11.1 Å². The second-order valence-electron chi connectivity index (χ2n) is 4.24. The van der Waals surface area contributed by atoms with Crippen LogP contribution in [-0.4, -0.2) is 16.2 Å². The van der Waals surface area contributed by atoms with E-state index < -0.39 is 12.0 Å². The van der Waals surface area contributed by atoms with Crippen LogP contribution in [0, 0.1) is 6.92 Å². The standard InChI is InChI=1S/C12H17NO3/c1-6(2)8-5-9(11(13)12(15)16)10(14)4-7(8)3/h4-6,11,14H,13H2,1-3H3,(H,15,16). The largest absolute Gasteiger partial charge is 0.508 e. The summed E-state index contributed by atoms with van der Waals surface area (Å²) in [6, 6.07) is 2.06. The summed E-state index contributed by atoms with van der Waals surface area (Å²) < 4.78 is 0. The van der Waals surface area contributed by atoms with Crippen LogP contribution in [0.2, 0.25) is 0 Å². The van der Waals surface area contributed by atoms with Crippen LogP contribution in [0.15, 0.2) is 12.1 Å². The molecule has 0 radical (unpaired) electrons. The first kappa shape index (κ1) is 12.5. The fourth-order valence-electron chi connectivity index (χ4n) is 1.73. The van der Waals surface area contributed by atoms with Gasteiger partial charge in [0, 0.05) is 5.56 Å². The highest BCUT2D eigenvalue weighted by molar-refractivity contribution is 5.76. The molecule has 1 unspecified atom stereocenters. The van der Waals surface area contributed by atoms with E-state index in [1.54, 1.807) is 12.1 Å². The van der Waals surface area contributed by atoms with E-state index in [0.29, 0.717) is 0 Å². The highest BCUT2D eigenvalue weighted by Crippen LogP contribution is 2.30. The van der Waals surface area contributed by atoms with Crippen molar-refractivity contribution in [2.24, 2.45) is 5.73 Å².